The highest BCUT2D eigenvalue weighted by atomic mass is 32.1. The molecule has 0 aliphatic carbocycles. The fraction of sp³-hybridized carbons (Fsp3) is 0.350. The van der Waals surface area contributed by atoms with Crippen LogP contribution >= 0.6 is 11.3 Å². The van der Waals surface area contributed by atoms with E-state index >= 15 is 0 Å². The lowest BCUT2D eigenvalue weighted by Gasteiger charge is -2.17. The first-order chi connectivity index (χ1) is 13.3. The highest BCUT2D eigenvalue weighted by Crippen LogP contribution is 2.32. The van der Waals surface area contributed by atoms with Crippen LogP contribution in [0.15, 0.2) is 6.07 Å². The molecule has 0 aliphatic rings. The fourth-order valence-corrected chi connectivity index (χ4v) is 4.35. The number of nitrogens with zero attached hydrogens (tertiary/aromatic N) is 2. The van der Waals surface area contributed by atoms with Gasteiger partial charge in [-0.1, -0.05) is 6.92 Å². The van der Waals surface area contributed by atoms with Gasteiger partial charge in [0, 0.05) is 23.9 Å². The van der Waals surface area contributed by atoms with E-state index in [1.807, 2.05) is 20.8 Å². The maximum atomic E-state index is 14.0. The Bertz CT molecular complexity index is 1080. The number of hydrogen-bond donors (Lipinski definition) is 0. The van der Waals surface area contributed by atoms with Crippen LogP contribution in [0.3, 0.4) is 0 Å². The molecule has 0 radical (unpaired) electrons. The maximum Gasteiger partial charge on any atom is 0.310 e. The molecule has 0 saturated heterocycles. The zero-order valence-corrected chi connectivity index (χ0v) is 16.8. The molecule has 1 aromatic carbocycles. The van der Waals surface area contributed by atoms with Crippen LogP contribution in [0.2, 0.25) is 0 Å². The first kappa shape index (κ1) is 20.3. The van der Waals surface area contributed by atoms with Crippen molar-refractivity contribution in [1.82, 2.24) is 9.97 Å². The molecule has 0 saturated carbocycles. The Morgan fingerprint density at radius 3 is 2.39 bits per heavy atom. The van der Waals surface area contributed by atoms with E-state index in [0.717, 1.165) is 39.4 Å². The number of carbonyl (C=O) groups is 1. The molecule has 0 aliphatic heterocycles. The van der Waals surface area contributed by atoms with E-state index in [4.69, 9.17) is 4.74 Å². The molecule has 0 atom stereocenters. The minimum absolute atomic E-state index is 0.0144. The Morgan fingerprint density at radius 1 is 1.07 bits per heavy atom. The number of fused-ring (bicyclic) bond motifs is 1. The SMILES string of the molecule is CCc1c(CC(=O)OC)c(C)nc(C)c1Cc1nc2c(F)c(F)cc(F)c2s1. The van der Waals surface area contributed by atoms with Crippen LogP contribution in [0, 0.1) is 31.3 Å². The van der Waals surface area contributed by atoms with Crippen LogP contribution in [0.25, 0.3) is 10.2 Å². The summed E-state index contributed by atoms with van der Waals surface area (Å²) in [6.07, 6.45) is 1.03. The van der Waals surface area contributed by atoms with Gasteiger partial charge in [0.2, 0.25) is 0 Å². The van der Waals surface area contributed by atoms with Crippen LogP contribution in [0.1, 0.15) is 40.0 Å². The number of aryl methyl sites for hydroxylation is 2. The first-order valence-corrected chi connectivity index (χ1v) is 9.55. The number of carbonyl (C=O) groups excluding carboxylic acids is 1. The Morgan fingerprint density at radius 2 is 1.75 bits per heavy atom. The summed E-state index contributed by atoms with van der Waals surface area (Å²) < 4.78 is 46.2. The summed E-state index contributed by atoms with van der Waals surface area (Å²) in [7, 11) is 1.33. The lowest BCUT2D eigenvalue weighted by Crippen LogP contribution is -2.13. The van der Waals surface area contributed by atoms with E-state index in [1.165, 1.54) is 7.11 Å². The molecule has 0 fully saturated rings. The number of esters is 1. The molecule has 28 heavy (non-hydrogen) atoms. The van der Waals surface area contributed by atoms with E-state index in [-0.39, 0.29) is 29.0 Å². The molecule has 2 aromatic heterocycles. The molecule has 0 bridgehead atoms. The second kappa shape index (κ2) is 7.87. The van der Waals surface area contributed by atoms with Crippen molar-refractivity contribution in [1.29, 1.82) is 0 Å². The second-order valence-corrected chi connectivity index (χ2v) is 7.52. The molecule has 0 spiro atoms. The summed E-state index contributed by atoms with van der Waals surface area (Å²) in [5, 5.41) is 0.450. The number of ether oxygens (including phenoxy) is 1. The number of aromatic nitrogens is 2. The van der Waals surface area contributed by atoms with Crippen molar-refractivity contribution in [2.45, 2.75) is 40.0 Å². The molecule has 4 nitrogen and oxygen atoms in total. The van der Waals surface area contributed by atoms with Gasteiger partial charge >= 0.3 is 5.97 Å². The zero-order chi connectivity index (χ0) is 20.6. The lowest BCUT2D eigenvalue weighted by molar-refractivity contribution is -0.139. The van der Waals surface area contributed by atoms with Crippen molar-refractivity contribution in [2.75, 3.05) is 7.11 Å². The maximum absolute atomic E-state index is 14.0. The molecule has 0 N–H and O–H groups in total. The van der Waals surface area contributed by atoms with Gasteiger partial charge in [-0.05, 0) is 37.0 Å². The molecule has 3 aromatic rings. The Balaban J connectivity index is 2.10. The Labute approximate surface area is 164 Å². The van der Waals surface area contributed by atoms with Gasteiger partial charge in [-0.15, -0.1) is 11.3 Å². The summed E-state index contributed by atoms with van der Waals surface area (Å²) in [5.74, 6) is -3.61. The van der Waals surface area contributed by atoms with Crippen molar-refractivity contribution in [3.63, 3.8) is 0 Å². The number of pyridine rings is 1. The largest absolute Gasteiger partial charge is 0.469 e. The highest BCUT2D eigenvalue weighted by molar-refractivity contribution is 7.18. The van der Waals surface area contributed by atoms with Gasteiger partial charge < -0.3 is 4.74 Å². The molecule has 0 unspecified atom stereocenters. The Kier molecular flexibility index (Phi) is 5.69. The molecular weight excluding hydrogens is 389 g/mol. The van der Waals surface area contributed by atoms with Gasteiger partial charge in [0.15, 0.2) is 11.6 Å². The highest BCUT2D eigenvalue weighted by Gasteiger charge is 2.21. The standard InChI is InChI=1S/C20H19F3N2O2S/c1-5-11-12(9(2)24-10(3)13(11)7-17(26)27-4)6-16-25-19-18(23)14(21)8-15(22)20(19)28-16/h8H,5-7H2,1-4H3. The molecular formula is C20H19F3N2O2S. The van der Waals surface area contributed by atoms with Crippen molar-refractivity contribution in [3.05, 3.63) is 56.6 Å². The van der Waals surface area contributed by atoms with Crippen molar-refractivity contribution in [3.8, 4) is 0 Å². The van der Waals surface area contributed by atoms with E-state index in [9.17, 15) is 18.0 Å². The number of methoxy groups -OCH3 is 1. The second-order valence-electron chi connectivity index (χ2n) is 6.44. The van der Waals surface area contributed by atoms with Gasteiger partial charge in [0.25, 0.3) is 0 Å². The number of halogens is 3. The molecule has 148 valence electrons. The quantitative estimate of drug-likeness (QED) is 0.458. The van der Waals surface area contributed by atoms with E-state index in [2.05, 4.69) is 9.97 Å². The average Bonchev–Trinajstić information content (AvgIpc) is 3.08. The van der Waals surface area contributed by atoms with Gasteiger partial charge in [-0.3, -0.25) is 9.78 Å². The van der Waals surface area contributed by atoms with Gasteiger partial charge in [0.05, 0.1) is 23.2 Å². The van der Waals surface area contributed by atoms with E-state index < -0.39 is 17.5 Å². The third-order valence-corrected chi connectivity index (χ3v) is 5.79. The summed E-state index contributed by atoms with van der Waals surface area (Å²) in [4.78, 5) is 20.5. The van der Waals surface area contributed by atoms with Gasteiger partial charge in [0.1, 0.15) is 11.3 Å². The van der Waals surface area contributed by atoms with Crippen LogP contribution in [0.5, 0.6) is 0 Å². The van der Waals surface area contributed by atoms with E-state index in [0.29, 0.717) is 17.5 Å². The number of rotatable bonds is 5. The number of benzene rings is 1. The number of thiazole rings is 1. The van der Waals surface area contributed by atoms with Crippen molar-refractivity contribution in [2.24, 2.45) is 0 Å². The van der Waals surface area contributed by atoms with Crippen molar-refractivity contribution < 1.29 is 22.7 Å². The Hall–Kier alpha value is -2.48. The van der Waals surface area contributed by atoms with Gasteiger partial charge in [-0.25, -0.2) is 18.2 Å². The first-order valence-electron chi connectivity index (χ1n) is 8.74. The van der Waals surface area contributed by atoms with Crippen LogP contribution in [-0.4, -0.2) is 23.0 Å². The normalized spacial score (nSPS) is 11.2. The topological polar surface area (TPSA) is 52.1 Å². The number of hydrogen-bond acceptors (Lipinski definition) is 5. The summed E-state index contributed by atoms with van der Waals surface area (Å²) in [6, 6.07) is 0.532. The minimum Gasteiger partial charge on any atom is -0.469 e. The smallest absolute Gasteiger partial charge is 0.310 e. The predicted molar refractivity (Wildman–Crippen MR) is 101 cm³/mol. The monoisotopic (exact) mass is 408 g/mol. The predicted octanol–water partition coefficient (Wildman–Crippen LogP) is 4.59. The van der Waals surface area contributed by atoms with Crippen LogP contribution < -0.4 is 0 Å². The summed E-state index contributed by atoms with van der Waals surface area (Å²) in [6.45, 7) is 5.64. The van der Waals surface area contributed by atoms with Crippen LogP contribution in [-0.2, 0) is 28.8 Å². The zero-order valence-electron chi connectivity index (χ0n) is 16.0. The van der Waals surface area contributed by atoms with E-state index in [1.54, 1.807) is 0 Å². The average molecular weight is 408 g/mol. The molecule has 2 heterocycles. The molecule has 8 heteroatoms. The summed E-state index contributed by atoms with van der Waals surface area (Å²) in [5.41, 5.74) is 3.79. The lowest BCUT2D eigenvalue weighted by atomic mass is 9.93. The third-order valence-electron chi connectivity index (χ3n) is 4.73. The molecule has 3 rings (SSSR count). The van der Waals surface area contributed by atoms with Crippen molar-refractivity contribution >= 4 is 27.5 Å². The summed E-state index contributed by atoms with van der Waals surface area (Å²) >= 11 is 0.986. The van der Waals surface area contributed by atoms with Crippen LogP contribution in [0.4, 0.5) is 13.2 Å². The molecule has 0 amide bonds. The fourth-order valence-electron chi connectivity index (χ4n) is 3.37. The van der Waals surface area contributed by atoms with Gasteiger partial charge in [-0.2, -0.15) is 0 Å². The minimum atomic E-state index is -1.26. The third kappa shape index (κ3) is 3.61.